The van der Waals surface area contributed by atoms with E-state index in [2.05, 4.69) is 9.97 Å². The van der Waals surface area contributed by atoms with Crippen molar-refractivity contribution in [3.05, 3.63) is 44.8 Å². The largest absolute Gasteiger partial charge is 0.391 e. The second-order valence-electron chi connectivity index (χ2n) is 3.70. The Labute approximate surface area is 111 Å². The first kappa shape index (κ1) is 13.1. The molecule has 0 aromatic carbocycles. The van der Waals surface area contributed by atoms with Gasteiger partial charge in [0.25, 0.3) is 11.4 Å². The first-order chi connectivity index (χ1) is 9.43. The van der Waals surface area contributed by atoms with Crippen LogP contribution >= 0.6 is 0 Å². The number of pyridine rings is 2. The number of nitrogen functional groups attached to an aromatic ring is 2. The number of hydrogen-bond acceptors (Lipinski definition) is 8. The summed E-state index contributed by atoms with van der Waals surface area (Å²) in [6, 6.07) is 2.23. The van der Waals surface area contributed by atoms with Crippen LogP contribution in [0.1, 0.15) is 0 Å². The van der Waals surface area contributed by atoms with Crippen molar-refractivity contribution >= 4 is 22.7 Å². The van der Waals surface area contributed by atoms with Crippen LogP contribution in [0.5, 0.6) is 0 Å². The Morgan fingerprint density at radius 3 is 1.50 bits per heavy atom. The molecule has 4 N–H and O–H groups in total. The molecule has 2 aromatic heterocycles. The van der Waals surface area contributed by atoms with Crippen molar-refractivity contribution in [2.75, 3.05) is 11.5 Å². The van der Waals surface area contributed by atoms with Gasteiger partial charge in [-0.3, -0.25) is 30.2 Å². The van der Waals surface area contributed by atoms with E-state index in [1.807, 2.05) is 0 Å². The average molecular weight is 276 g/mol. The molecule has 102 valence electrons. The summed E-state index contributed by atoms with van der Waals surface area (Å²) < 4.78 is 0. The van der Waals surface area contributed by atoms with Crippen LogP contribution in [0.4, 0.5) is 22.7 Å². The number of nitrogens with two attached hydrogens (primary N) is 2. The molecule has 0 amide bonds. The highest BCUT2D eigenvalue weighted by Gasteiger charge is 2.23. The zero-order valence-corrected chi connectivity index (χ0v) is 9.89. The monoisotopic (exact) mass is 276 g/mol. The molecule has 2 heterocycles. The number of rotatable bonds is 3. The summed E-state index contributed by atoms with van der Waals surface area (Å²) in [5.41, 5.74) is 9.90. The zero-order valence-electron chi connectivity index (χ0n) is 9.89. The highest BCUT2D eigenvalue weighted by molar-refractivity contribution is 5.86. The summed E-state index contributed by atoms with van der Waals surface area (Å²) in [7, 11) is 0. The number of anilines is 2. The maximum absolute atomic E-state index is 10.8. The Morgan fingerprint density at radius 1 is 0.850 bits per heavy atom. The van der Waals surface area contributed by atoms with Gasteiger partial charge in [-0.25, -0.2) is 0 Å². The smallest absolute Gasteiger partial charge is 0.295 e. The normalized spacial score (nSPS) is 10.2. The van der Waals surface area contributed by atoms with Crippen LogP contribution in [0, 0.1) is 20.2 Å². The lowest BCUT2D eigenvalue weighted by atomic mass is 10.1. The minimum atomic E-state index is -0.686. The second kappa shape index (κ2) is 4.76. The molecule has 0 unspecified atom stereocenters. The van der Waals surface area contributed by atoms with Crippen molar-refractivity contribution in [3.63, 3.8) is 0 Å². The Morgan fingerprint density at radius 2 is 1.20 bits per heavy atom. The number of hydrogen-bond donors (Lipinski definition) is 2. The number of nitrogens with zero attached hydrogens (tertiary/aromatic N) is 4. The van der Waals surface area contributed by atoms with Gasteiger partial charge in [0.1, 0.15) is 22.8 Å². The third-order valence-corrected chi connectivity index (χ3v) is 2.55. The Hall–Kier alpha value is -3.30. The first-order valence-corrected chi connectivity index (χ1v) is 5.21. The van der Waals surface area contributed by atoms with Crippen LogP contribution in [0.15, 0.2) is 24.5 Å². The van der Waals surface area contributed by atoms with Gasteiger partial charge >= 0.3 is 0 Å². The van der Waals surface area contributed by atoms with Gasteiger partial charge in [-0.15, -0.1) is 0 Å². The third-order valence-electron chi connectivity index (χ3n) is 2.55. The Kier molecular flexibility index (Phi) is 3.13. The quantitative estimate of drug-likeness (QED) is 0.621. The summed E-state index contributed by atoms with van der Waals surface area (Å²) in [6.45, 7) is 0. The summed E-state index contributed by atoms with van der Waals surface area (Å²) in [5, 5.41) is 21.6. The highest BCUT2D eigenvalue weighted by atomic mass is 16.6. The minimum absolute atomic E-state index is 0.0691. The van der Waals surface area contributed by atoms with Crippen molar-refractivity contribution in [2.24, 2.45) is 0 Å². The lowest BCUT2D eigenvalue weighted by Gasteiger charge is -2.07. The molecule has 0 bridgehead atoms. The molecule has 0 radical (unpaired) electrons. The number of aromatic nitrogens is 2. The van der Waals surface area contributed by atoms with E-state index in [0.717, 1.165) is 24.5 Å². The minimum Gasteiger partial charge on any atom is -0.391 e. The predicted molar refractivity (Wildman–Crippen MR) is 69.6 cm³/mol. The average Bonchev–Trinajstić information content (AvgIpc) is 2.39. The molecule has 0 aliphatic carbocycles. The van der Waals surface area contributed by atoms with Crippen molar-refractivity contribution < 1.29 is 9.85 Å². The molecule has 20 heavy (non-hydrogen) atoms. The van der Waals surface area contributed by atoms with Crippen molar-refractivity contribution in [1.29, 1.82) is 0 Å². The van der Waals surface area contributed by atoms with Crippen LogP contribution in [-0.4, -0.2) is 19.8 Å². The van der Waals surface area contributed by atoms with Crippen molar-refractivity contribution in [1.82, 2.24) is 9.97 Å². The van der Waals surface area contributed by atoms with E-state index in [1.165, 1.54) is 0 Å². The van der Waals surface area contributed by atoms with Crippen LogP contribution in [-0.2, 0) is 0 Å². The third kappa shape index (κ3) is 2.05. The van der Waals surface area contributed by atoms with Gasteiger partial charge in [-0.05, 0) is 0 Å². The highest BCUT2D eigenvalue weighted by Crippen LogP contribution is 2.35. The summed E-state index contributed by atoms with van der Waals surface area (Å²) in [4.78, 5) is 28.0. The fourth-order valence-corrected chi connectivity index (χ4v) is 1.62. The molecule has 0 fully saturated rings. The molecule has 10 nitrogen and oxygen atoms in total. The molecule has 0 spiro atoms. The van der Waals surface area contributed by atoms with E-state index in [0.29, 0.717) is 0 Å². The van der Waals surface area contributed by atoms with Gasteiger partial charge in [-0.1, -0.05) is 0 Å². The molecule has 0 aliphatic rings. The van der Waals surface area contributed by atoms with Gasteiger partial charge in [0.05, 0.1) is 9.85 Å². The van der Waals surface area contributed by atoms with Gasteiger partial charge in [0.2, 0.25) is 0 Å². The molecule has 0 saturated carbocycles. The SMILES string of the molecule is Nc1c([N+](=O)[O-])ccnc1-c1nccc([N+](=O)[O-])c1N. The number of nitro groups is 2. The molecule has 0 saturated heterocycles. The molecule has 2 aromatic rings. The fourth-order valence-electron chi connectivity index (χ4n) is 1.62. The lowest BCUT2D eigenvalue weighted by Crippen LogP contribution is -2.04. The van der Waals surface area contributed by atoms with Gasteiger partial charge in [-0.2, -0.15) is 0 Å². The van der Waals surface area contributed by atoms with E-state index < -0.39 is 9.85 Å². The lowest BCUT2D eigenvalue weighted by molar-refractivity contribution is -0.384. The van der Waals surface area contributed by atoms with Crippen LogP contribution in [0.3, 0.4) is 0 Å². The Balaban J connectivity index is 2.70. The van der Waals surface area contributed by atoms with Crippen LogP contribution in [0.2, 0.25) is 0 Å². The maximum atomic E-state index is 10.8. The first-order valence-electron chi connectivity index (χ1n) is 5.21. The predicted octanol–water partition coefficient (Wildman–Crippen LogP) is 1.12. The van der Waals surface area contributed by atoms with Crippen molar-refractivity contribution in [2.45, 2.75) is 0 Å². The summed E-state index contributed by atoms with van der Waals surface area (Å²) in [6.07, 6.45) is 2.31. The fraction of sp³-hybridized carbons (Fsp3) is 0. The summed E-state index contributed by atoms with van der Waals surface area (Å²) >= 11 is 0. The summed E-state index contributed by atoms with van der Waals surface area (Å²) in [5.74, 6) is 0. The Bertz CT molecular complexity index is 655. The van der Waals surface area contributed by atoms with Crippen LogP contribution in [0.25, 0.3) is 11.4 Å². The van der Waals surface area contributed by atoms with E-state index in [1.54, 1.807) is 0 Å². The maximum Gasteiger partial charge on any atom is 0.295 e. The molecular formula is C10H8N6O4. The second-order valence-corrected chi connectivity index (χ2v) is 3.70. The van der Waals surface area contributed by atoms with Gasteiger partial charge < -0.3 is 11.5 Å². The van der Waals surface area contributed by atoms with E-state index >= 15 is 0 Å². The standard InChI is InChI=1S/C10H8N6O4/c11-7-5(15(17)18)1-3-13-9(7)10-8(12)6(16(19)20)2-4-14-10/h1-4H,11-12H2. The van der Waals surface area contributed by atoms with Gasteiger partial charge in [0, 0.05) is 24.5 Å². The molecular weight excluding hydrogens is 268 g/mol. The molecule has 10 heteroatoms. The van der Waals surface area contributed by atoms with Crippen LogP contribution < -0.4 is 11.5 Å². The van der Waals surface area contributed by atoms with E-state index in [-0.39, 0.29) is 34.1 Å². The van der Waals surface area contributed by atoms with Gasteiger partial charge in [0.15, 0.2) is 0 Å². The molecule has 2 rings (SSSR count). The van der Waals surface area contributed by atoms with Crippen molar-refractivity contribution in [3.8, 4) is 11.4 Å². The zero-order chi connectivity index (χ0) is 14.9. The molecule has 0 aliphatic heterocycles. The van der Waals surface area contributed by atoms with E-state index in [9.17, 15) is 20.2 Å². The molecule has 0 atom stereocenters. The van der Waals surface area contributed by atoms with E-state index in [4.69, 9.17) is 11.5 Å². The topological polar surface area (TPSA) is 164 Å².